The van der Waals surface area contributed by atoms with Crippen LogP contribution < -0.4 is 5.32 Å². The molecule has 0 amide bonds. The molecule has 18 heavy (non-hydrogen) atoms. The molecule has 0 fully saturated rings. The number of para-hydroxylation sites is 1. The van der Waals surface area contributed by atoms with Gasteiger partial charge in [0.25, 0.3) is 0 Å². The lowest BCUT2D eigenvalue weighted by molar-refractivity contribution is 0.469. The number of nitrogens with one attached hydrogen (secondary N) is 1. The van der Waals surface area contributed by atoms with Crippen LogP contribution in [0, 0.1) is 11.6 Å². The summed E-state index contributed by atoms with van der Waals surface area (Å²) in [6.07, 6.45) is 0. The van der Waals surface area contributed by atoms with E-state index < -0.39 is 11.6 Å². The number of phenols is 1. The van der Waals surface area contributed by atoms with Crippen molar-refractivity contribution in [2.24, 2.45) is 0 Å². The van der Waals surface area contributed by atoms with Crippen molar-refractivity contribution in [1.82, 2.24) is 0 Å². The van der Waals surface area contributed by atoms with Crippen molar-refractivity contribution in [2.75, 3.05) is 5.32 Å². The molecule has 2 aromatic carbocycles. The number of anilines is 1. The minimum Gasteiger partial charge on any atom is -0.506 e. The maximum atomic E-state index is 12.9. The smallest absolute Gasteiger partial charge is 0.139 e. The fraction of sp³-hybridized carbons (Fsp3) is 0.0769. The zero-order chi connectivity index (χ0) is 13.1. The van der Waals surface area contributed by atoms with E-state index in [1.54, 1.807) is 18.2 Å². The molecule has 0 aliphatic heterocycles. The average Bonchev–Trinajstić information content (AvgIpc) is 2.30. The van der Waals surface area contributed by atoms with Gasteiger partial charge in [-0.1, -0.05) is 23.7 Å². The predicted octanol–water partition coefficient (Wildman–Crippen LogP) is 3.94. The van der Waals surface area contributed by atoms with E-state index in [0.717, 1.165) is 6.07 Å². The lowest BCUT2D eigenvalue weighted by Crippen LogP contribution is -2.00. The van der Waals surface area contributed by atoms with Gasteiger partial charge in [0.15, 0.2) is 0 Å². The zero-order valence-corrected chi connectivity index (χ0v) is 10.0. The molecule has 2 nitrogen and oxygen atoms in total. The van der Waals surface area contributed by atoms with E-state index in [2.05, 4.69) is 5.32 Å². The van der Waals surface area contributed by atoms with Gasteiger partial charge in [-0.2, -0.15) is 0 Å². The molecule has 0 radical (unpaired) electrons. The van der Waals surface area contributed by atoms with Crippen LogP contribution in [0.3, 0.4) is 0 Å². The van der Waals surface area contributed by atoms with E-state index in [4.69, 9.17) is 11.6 Å². The van der Waals surface area contributed by atoms with Crippen LogP contribution in [0.5, 0.6) is 5.75 Å². The molecule has 2 aromatic rings. The molecule has 0 aliphatic rings. The van der Waals surface area contributed by atoms with Crippen molar-refractivity contribution < 1.29 is 13.9 Å². The minimum absolute atomic E-state index is 0.0384. The van der Waals surface area contributed by atoms with Crippen LogP contribution in [-0.2, 0) is 6.54 Å². The topological polar surface area (TPSA) is 32.3 Å². The summed E-state index contributed by atoms with van der Waals surface area (Å²) in [4.78, 5) is 0. The van der Waals surface area contributed by atoms with Crippen LogP contribution in [0.4, 0.5) is 14.5 Å². The summed E-state index contributed by atoms with van der Waals surface area (Å²) in [6, 6.07) is 8.05. The van der Waals surface area contributed by atoms with E-state index in [-0.39, 0.29) is 17.3 Å². The summed E-state index contributed by atoms with van der Waals surface area (Å²) >= 11 is 5.75. The zero-order valence-electron chi connectivity index (χ0n) is 9.25. The number of hydrogen-bond donors (Lipinski definition) is 2. The number of aromatic hydroxyl groups is 1. The van der Waals surface area contributed by atoms with Crippen LogP contribution in [0.1, 0.15) is 5.56 Å². The molecule has 0 aliphatic carbocycles. The highest BCUT2D eigenvalue weighted by atomic mass is 35.5. The Kier molecular flexibility index (Phi) is 3.67. The molecule has 0 saturated carbocycles. The Bertz CT molecular complexity index is 555. The third-order valence-corrected chi connectivity index (χ3v) is 2.72. The van der Waals surface area contributed by atoms with Crippen molar-refractivity contribution in [3.05, 3.63) is 58.6 Å². The molecular formula is C13H10ClF2NO. The van der Waals surface area contributed by atoms with Crippen molar-refractivity contribution in [1.29, 1.82) is 0 Å². The van der Waals surface area contributed by atoms with Gasteiger partial charge in [-0.15, -0.1) is 0 Å². The SMILES string of the molecule is Oc1c(Cl)cccc1CNc1cc(F)cc(F)c1. The van der Waals surface area contributed by atoms with Crippen LogP contribution in [0.15, 0.2) is 36.4 Å². The first-order chi connectivity index (χ1) is 8.56. The van der Waals surface area contributed by atoms with Crippen LogP contribution in [0.25, 0.3) is 0 Å². The first-order valence-electron chi connectivity index (χ1n) is 5.22. The molecule has 5 heteroatoms. The molecule has 94 valence electrons. The van der Waals surface area contributed by atoms with Crippen LogP contribution >= 0.6 is 11.6 Å². The van der Waals surface area contributed by atoms with E-state index in [9.17, 15) is 13.9 Å². The van der Waals surface area contributed by atoms with Crippen LogP contribution in [0.2, 0.25) is 5.02 Å². The van der Waals surface area contributed by atoms with E-state index >= 15 is 0 Å². The van der Waals surface area contributed by atoms with Gasteiger partial charge in [-0.25, -0.2) is 8.78 Å². The molecule has 2 N–H and O–H groups in total. The van der Waals surface area contributed by atoms with E-state index in [0.29, 0.717) is 11.3 Å². The Labute approximate surface area is 108 Å². The second kappa shape index (κ2) is 5.23. The maximum absolute atomic E-state index is 12.9. The Morgan fingerprint density at radius 1 is 1.11 bits per heavy atom. The van der Waals surface area contributed by atoms with Gasteiger partial charge in [0.2, 0.25) is 0 Å². The molecule has 0 unspecified atom stereocenters. The van der Waals surface area contributed by atoms with Gasteiger partial charge in [0.1, 0.15) is 17.4 Å². The number of phenolic OH excluding ortho intramolecular Hbond substituents is 1. The fourth-order valence-corrected chi connectivity index (χ4v) is 1.75. The van der Waals surface area contributed by atoms with Crippen molar-refractivity contribution in [2.45, 2.75) is 6.54 Å². The third kappa shape index (κ3) is 2.90. The molecule has 0 heterocycles. The summed E-state index contributed by atoms with van der Waals surface area (Å²) in [7, 11) is 0. The standard InChI is InChI=1S/C13H10ClF2NO/c14-12-3-1-2-8(13(12)18)7-17-11-5-9(15)4-10(16)6-11/h1-6,17-18H,7H2. The second-order valence-corrected chi connectivity index (χ2v) is 4.17. The molecular weight excluding hydrogens is 260 g/mol. The molecule has 2 rings (SSSR count). The molecule has 0 bridgehead atoms. The summed E-state index contributed by atoms with van der Waals surface area (Å²) in [5.74, 6) is -1.36. The summed E-state index contributed by atoms with van der Waals surface area (Å²) in [6.45, 7) is 0.218. The molecule has 0 atom stereocenters. The lowest BCUT2D eigenvalue weighted by atomic mass is 10.2. The van der Waals surface area contributed by atoms with Gasteiger partial charge >= 0.3 is 0 Å². The summed E-state index contributed by atoms with van der Waals surface area (Å²) < 4.78 is 25.9. The molecule has 0 saturated heterocycles. The van der Waals surface area contributed by atoms with Crippen molar-refractivity contribution in [3.8, 4) is 5.75 Å². The highest BCUT2D eigenvalue weighted by Gasteiger charge is 2.05. The van der Waals surface area contributed by atoms with E-state index in [1.807, 2.05) is 0 Å². The second-order valence-electron chi connectivity index (χ2n) is 3.76. The first-order valence-corrected chi connectivity index (χ1v) is 5.60. The fourth-order valence-electron chi connectivity index (χ4n) is 1.56. The Morgan fingerprint density at radius 3 is 2.44 bits per heavy atom. The normalized spacial score (nSPS) is 10.4. The number of benzene rings is 2. The van der Waals surface area contributed by atoms with Gasteiger partial charge in [0.05, 0.1) is 5.02 Å². The van der Waals surface area contributed by atoms with Crippen LogP contribution in [-0.4, -0.2) is 5.11 Å². The summed E-state index contributed by atoms with van der Waals surface area (Å²) in [5.41, 5.74) is 0.846. The number of halogens is 3. The van der Waals surface area contributed by atoms with Gasteiger partial charge in [-0.3, -0.25) is 0 Å². The Balaban J connectivity index is 2.14. The van der Waals surface area contributed by atoms with Crippen molar-refractivity contribution >= 4 is 17.3 Å². The maximum Gasteiger partial charge on any atom is 0.139 e. The third-order valence-electron chi connectivity index (χ3n) is 2.42. The Hall–Kier alpha value is -1.81. The number of rotatable bonds is 3. The Morgan fingerprint density at radius 2 is 1.78 bits per heavy atom. The number of hydrogen-bond acceptors (Lipinski definition) is 2. The highest BCUT2D eigenvalue weighted by molar-refractivity contribution is 6.32. The molecule has 0 spiro atoms. The van der Waals surface area contributed by atoms with Gasteiger partial charge in [0, 0.05) is 23.9 Å². The largest absolute Gasteiger partial charge is 0.506 e. The minimum atomic E-state index is -0.659. The van der Waals surface area contributed by atoms with Gasteiger partial charge < -0.3 is 10.4 Å². The van der Waals surface area contributed by atoms with Gasteiger partial charge in [-0.05, 0) is 18.2 Å². The monoisotopic (exact) mass is 269 g/mol. The summed E-state index contributed by atoms with van der Waals surface area (Å²) in [5, 5.41) is 12.7. The van der Waals surface area contributed by atoms with E-state index in [1.165, 1.54) is 12.1 Å². The highest BCUT2D eigenvalue weighted by Crippen LogP contribution is 2.27. The lowest BCUT2D eigenvalue weighted by Gasteiger charge is -2.09. The quantitative estimate of drug-likeness (QED) is 0.885. The first kappa shape index (κ1) is 12.6. The average molecular weight is 270 g/mol. The predicted molar refractivity (Wildman–Crippen MR) is 66.8 cm³/mol. The molecule has 0 aromatic heterocycles. The van der Waals surface area contributed by atoms with Crippen molar-refractivity contribution in [3.63, 3.8) is 0 Å².